The van der Waals surface area contributed by atoms with Crippen LogP contribution in [0.1, 0.15) is 13.8 Å². The van der Waals surface area contributed by atoms with Crippen LogP contribution in [0.4, 0.5) is 0 Å². The van der Waals surface area contributed by atoms with Gasteiger partial charge in [-0.05, 0) is 22.3 Å². The minimum absolute atomic E-state index is 0.0989. The summed E-state index contributed by atoms with van der Waals surface area (Å²) < 4.78 is 12.9. The molecule has 1 aliphatic heterocycles. The molecular formula is C15H16BBrO2. The van der Waals surface area contributed by atoms with Gasteiger partial charge in [0.05, 0.1) is 0 Å². The molecule has 4 heteroatoms. The predicted octanol–water partition coefficient (Wildman–Crippen LogP) is 3.37. The molecule has 0 unspecified atom stereocenters. The molecule has 0 spiro atoms. The maximum atomic E-state index is 5.89. The van der Waals surface area contributed by atoms with E-state index in [1.165, 1.54) is 10.8 Å². The van der Waals surface area contributed by atoms with E-state index >= 15 is 0 Å². The lowest BCUT2D eigenvalue weighted by atomic mass is 9.73. The molecule has 0 radical (unpaired) electrons. The van der Waals surface area contributed by atoms with E-state index in [1.54, 1.807) is 0 Å². The molecule has 1 fully saturated rings. The zero-order valence-corrected chi connectivity index (χ0v) is 12.7. The fourth-order valence-electron chi connectivity index (χ4n) is 2.36. The highest BCUT2D eigenvalue weighted by Crippen LogP contribution is 2.25. The van der Waals surface area contributed by atoms with Crippen LogP contribution in [-0.2, 0) is 9.31 Å². The highest BCUT2D eigenvalue weighted by molar-refractivity contribution is 9.10. The van der Waals surface area contributed by atoms with Crippen LogP contribution >= 0.6 is 15.9 Å². The molecule has 0 saturated carbocycles. The second kappa shape index (κ2) is 4.93. The quantitative estimate of drug-likeness (QED) is 0.751. The summed E-state index contributed by atoms with van der Waals surface area (Å²) in [6.45, 7) is 5.76. The van der Waals surface area contributed by atoms with Crippen LogP contribution in [0.3, 0.4) is 0 Å². The second-order valence-corrected chi connectivity index (χ2v) is 6.65. The topological polar surface area (TPSA) is 18.5 Å². The summed E-state index contributed by atoms with van der Waals surface area (Å²) >= 11 is 3.59. The number of rotatable bonds is 1. The maximum absolute atomic E-state index is 5.89. The largest absolute Gasteiger partial charge is 0.494 e. The van der Waals surface area contributed by atoms with Crippen LogP contribution in [0.15, 0.2) is 40.9 Å². The Labute approximate surface area is 122 Å². The van der Waals surface area contributed by atoms with Gasteiger partial charge in [0.25, 0.3) is 0 Å². The van der Waals surface area contributed by atoms with Crippen LogP contribution in [0.25, 0.3) is 10.8 Å². The molecule has 0 aromatic heterocycles. The molecule has 0 N–H and O–H groups in total. The van der Waals surface area contributed by atoms with Gasteiger partial charge >= 0.3 is 7.12 Å². The first kappa shape index (κ1) is 13.2. The monoisotopic (exact) mass is 318 g/mol. The zero-order chi connectivity index (χ0) is 13.5. The van der Waals surface area contributed by atoms with E-state index < -0.39 is 0 Å². The number of benzene rings is 2. The molecule has 1 heterocycles. The van der Waals surface area contributed by atoms with E-state index in [0.717, 1.165) is 23.1 Å². The van der Waals surface area contributed by atoms with Crippen molar-refractivity contribution in [3.63, 3.8) is 0 Å². The van der Waals surface area contributed by atoms with Crippen LogP contribution in [0.5, 0.6) is 0 Å². The fraction of sp³-hybridized carbons (Fsp3) is 0.333. The number of hydrogen-bond acceptors (Lipinski definition) is 2. The van der Waals surface area contributed by atoms with Crippen LogP contribution < -0.4 is 5.46 Å². The van der Waals surface area contributed by atoms with E-state index in [4.69, 9.17) is 9.31 Å². The number of halogens is 1. The smallest absolute Gasteiger partial charge is 0.407 e. The van der Waals surface area contributed by atoms with Crippen molar-refractivity contribution in [2.45, 2.75) is 13.8 Å². The Morgan fingerprint density at radius 2 is 1.63 bits per heavy atom. The van der Waals surface area contributed by atoms with Crippen molar-refractivity contribution in [1.82, 2.24) is 0 Å². The van der Waals surface area contributed by atoms with Crippen molar-refractivity contribution in [1.29, 1.82) is 0 Å². The zero-order valence-electron chi connectivity index (χ0n) is 11.2. The summed E-state index contributed by atoms with van der Waals surface area (Å²) in [6.07, 6.45) is 0. The Morgan fingerprint density at radius 1 is 1.00 bits per heavy atom. The summed E-state index contributed by atoms with van der Waals surface area (Å²) in [5, 5.41) is 2.37. The minimum Gasteiger partial charge on any atom is -0.407 e. The first-order valence-electron chi connectivity index (χ1n) is 6.47. The molecule has 2 aromatic carbocycles. The van der Waals surface area contributed by atoms with Gasteiger partial charge in [0.1, 0.15) is 0 Å². The first-order valence-corrected chi connectivity index (χ1v) is 7.26. The summed E-state index contributed by atoms with van der Waals surface area (Å²) in [6, 6.07) is 12.4. The Morgan fingerprint density at radius 3 is 2.32 bits per heavy atom. The van der Waals surface area contributed by atoms with Gasteiger partial charge in [-0.3, -0.25) is 0 Å². The van der Waals surface area contributed by atoms with Crippen molar-refractivity contribution in [2.24, 2.45) is 5.41 Å². The Kier molecular flexibility index (Phi) is 3.41. The summed E-state index contributed by atoms with van der Waals surface area (Å²) in [7, 11) is -0.258. The van der Waals surface area contributed by atoms with E-state index in [0.29, 0.717) is 0 Å². The van der Waals surface area contributed by atoms with Crippen molar-refractivity contribution < 1.29 is 9.31 Å². The number of fused-ring (bicyclic) bond motifs is 1. The molecule has 0 amide bonds. The van der Waals surface area contributed by atoms with Crippen molar-refractivity contribution in [2.75, 3.05) is 13.2 Å². The molecule has 2 nitrogen and oxygen atoms in total. The first-order chi connectivity index (χ1) is 9.07. The van der Waals surface area contributed by atoms with Gasteiger partial charge in [-0.15, -0.1) is 0 Å². The van der Waals surface area contributed by atoms with E-state index in [9.17, 15) is 0 Å². The molecule has 0 aliphatic carbocycles. The third-order valence-electron chi connectivity index (χ3n) is 3.41. The van der Waals surface area contributed by atoms with E-state index in [2.05, 4.69) is 54.0 Å². The molecule has 19 heavy (non-hydrogen) atoms. The Balaban J connectivity index is 2.00. The van der Waals surface area contributed by atoms with Gasteiger partial charge in [-0.25, -0.2) is 0 Å². The fourth-order valence-corrected chi connectivity index (χ4v) is 2.84. The second-order valence-electron chi connectivity index (χ2n) is 5.80. The molecule has 3 rings (SSSR count). The standard InChI is InChI=1S/C15H16BBrO2/c1-15(2)9-18-16(19-10-15)13-7-8-14(17)12-6-4-3-5-11(12)13/h3-8H,9-10H2,1-2H3. The van der Waals surface area contributed by atoms with Crippen molar-refractivity contribution >= 4 is 39.3 Å². The third kappa shape index (κ3) is 2.57. The highest BCUT2D eigenvalue weighted by atomic mass is 79.9. The van der Waals surface area contributed by atoms with Gasteiger partial charge in [0.15, 0.2) is 0 Å². The predicted molar refractivity (Wildman–Crippen MR) is 82.7 cm³/mol. The lowest BCUT2D eigenvalue weighted by Gasteiger charge is -2.33. The summed E-state index contributed by atoms with van der Waals surface area (Å²) in [5.74, 6) is 0. The van der Waals surface area contributed by atoms with Gasteiger partial charge in [0, 0.05) is 23.1 Å². The van der Waals surface area contributed by atoms with Gasteiger partial charge in [-0.1, -0.05) is 60.1 Å². The molecule has 98 valence electrons. The van der Waals surface area contributed by atoms with Crippen LogP contribution in [0.2, 0.25) is 0 Å². The van der Waals surface area contributed by atoms with Crippen LogP contribution in [-0.4, -0.2) is 20.3 Å². The van der Waals surface area contributed by atoms with Crippen LogP contribution in [0, 0.1) is 5.41 Å². The lowest BCUT2D eigenvalue weighted by molar-refractivity contribution is 0.0344. The highest BCUT2D eigenvalue weighted by Gasteiger charge is 2.34. The SMILES string of the molecule is CC1(C)COB(c2ccc(Br)c3ccccc23)OC1. The van der Waals surface area contributed by atoms with Crippen molar-refractivity contribution in [3.8, 4) is 0 Å². The number of hydrogen-bond donors (Lipinski definition) is 0. The van der Waals surface area contributed by atoms with Crippen molar-refractivity contribution in [3.05, 3.63) is 40.9 Å². The normalized spacial score (nSPS) is 18.8. The maximum Gasteiger partial charge on any atom is 0.494 e. The summed E-state index contributed by atoms with van der Waals surface area (Å²) in [4.78, 5) is 0. The average molecular weight is 319 g/mol. The summed E-state index contributed by atoms with van der Waals surface area (Å²) in [5.41, 5.74) is 1.20. The Bertz CT molecular complexity index is 602. The van der Waals surface area contributed by atoms with E-state index in [-0.39, 0.29) is 12.5 Å². The molecule has 1 saturated heterocycles. The van der Waals surface area contributed by atoms with Gasteiger partial charge in [0.2, 0.25) is 0 Å². The average Bonchev–Trinajstić information content (AvgIpc) is 2.40. The Hall–Kier alpha value is -0.835. The molecule has 0 bridgehead atoms. The van der Waals surface area contributed by atoms with Gasteiger partial charge in [-0.2, -0.15) is 0 Å². The van der Waals surface area contributed by atoms with Gasteiger partial charge < -0.3 is 9.31 Å². The molecular weight excluding hydrogens is 303 g/mol. The van der Waals surface area contributed by atoms with E-state index in [1.807, 2.05) is 12.1 Å². The molecule has 1 aliphatic rings. The lowest BCUT2D eigenvalue weighted by Crippen LogP contribution is -2.47. The molecule has 0 atom stereocenters. The minimum atomic E-state index is -0.258. The third-order valence-corrected chi connectivity index (χ3v) is 4.10. The molecule has 2 aromatic rings.